The van der Waals surface area contributed by atoms with Crippen molar-refractivity contribution in [2.45, 2.75) is 23.7 Å². The van der Waals surface area contributed by atoms with Gasteiger partial charge < -0.3 is 10.2 Å². The first-order valence-corrected chi connectivity index (χ1v) is 10.2. The van der Waals surface area contributed by atoms with Gasteiger partial charge in [-0.05, 0) is 30.7 Å². The maximum Gasteiger partial charge on any atom is 0.501 e. The lowest BCUT2D eigenvalue weighted by Crippen LogP contribution is -2.51. The molecule has 0 radical (unpaired) electrons. The zero-order valence-electron chi connectivity index (χ0n) is 15.3. The van der Waals surface area contributed by atoms with E-state index in [0.717, 1.165) is 30.7 Å². The Hall–Kier alpha value is -2.14. The molecule has 7 nitrogen and oxygen atoms in total. The van der Waals surface area contributed by atoms with Gasteiger partial charge in [-0.15, -0.1) is 0 Å². The first-order chi connectivity index (χ1) is 13.1. The van der Waals surface area contributed by atoms with Crippen molar-refractivity contribution in [2.24, 2.45) is 0 Å². The summed E-state index contributed by atoms with van der Waals surface area (Å²) in [6.07, 6.45) is 0.844. The van der Waals surface area contributed by atoms with Crippen LogP contribution in [0.4, 0.5) is 13.2 Å². The van der Waals surface area contributed by atoms with Crippen molar-refractivity contribution >= 4 is 21.7 Å². The van der Waals surface area contributed by atoms with Gasteiger partial charge in [0.25, 0.3) is 15.7 Å². The van der Waals surface area contributed by atoms with Crippen LogP contribution in [0.15, 0.2) is 29.2 Å². The third-order valence-electron chi connectivity index (χ3n) is 4.32. The molecule has 1 heterocycles. The molecule has 0 unspecified atom stereocenters. The predicted octanol–water partition coefficient (Wildman–Crippen LogP) is 1.26. The van der Waals surface area contributed by atoms with Crippen LogP contribution in [0.1, 0.15) is 23.7 Å². The second-order valence-electron chi connectivity index (χ2n) is 6.39. The number of benzene rings is 1. The quantitative estimate of drug-likeness (QED) is 0.748. The minimum atomic E-state index is -5.44. The van der Waals surface area contributed by atoms with Crippen molar-refractivity contribution in [1.82, 2.24) is 15.1 Å². The number of amides is 2. The molecular formula is C17H22F3N3O4S. The average Bonchev–Trinajstić information content (AvgIpc) is 2.65. The van der Waals surface area contributed by atoms with E-state index in [1.54, 1.807) is 0 Å². The minimum absolute atomic E-state index is 0.0805. The van der Waals surface area contributed by atoms with Crippen LogP contribution >= 0.6 is 0 Å². The molecule has 1 aliphatic rings. The Morgan fingerprint density at radius 3 is 2.14 bits per heavy atom. The summed E-state index contributed by atoms with van der Waals surface area (Å²) < 4.78 is 60.4. The molecule has 2 rings (SSSR count). The molecule has 156 valence electrons. The number of alkyl halides is 3. The number of carbonyl (C=O) groups excluding carboxylic acids is 2. The molecule has 11 heteroatoms. The van der Waals surface area contributed by atoms with E-state index >= 15 is 0 Å². The summed E-state index contributed by atoms with van der Waals surface area (Å²) in [6, 6.07) is 3.71. The van der Waals surface area contributed by atoms with Gasteiger partial charge in [-0.3, -0.25) is 14.5 Å². The first kappa shape index (κ1) is 22.2. The van der Waals surface area contributed by atoms with Crippen LogP contribution in [0.3, 0.4) is 0 Å². The molecule has 0 bridgehead atoms. The highest BCUT2D eigenvalue weighted by atomic mass is 32.2. The van der Waals surface area contributed by atoms with E-state index in [9.17, 15) is 31.2 Å². The van der Waals surface area contributed by atoms with Crippen molar-refractivity contribution in [2.75, 3.05) is 39.3 Å². The number of nitrogens with one attached hydrogen (secondary N) is 1. The SMILES string of the molecule is CCCNC(=O)CN1CCN(C(=O)c2ccc(S(=O)(=O)C(F)(F)F)cc2)CC1. The maximum absolute atomic E-state index is 12.6. The molecule has 1 aliphatic heterocycles. The van der Waals surface area contributed by atoms with E-state index < -0.39 is 26.1 Å². The Bertz CT molecular complexity index is 802. The maximum atomic E-state index is 12.6. The normalized spacial score (nSPS) is 16.1. The molecule has 0 aliphatic carbocycles. The van der Waals surface area contributed by atoms with Crippen LogP contribution in [0.25, 0.3) is 0 Å². The van der Waals surface area contributed by atoms with E-state index in [1.807, 2.05) is 11.8 Å². The largest absolute Gasteiger partial charge is 0.501 e. The lowest BCUT2D eigenvalue weighted by molar-refractivity contribution is -0.122. The average molecular weight is 421 g/mol. The molecule has 0 atom stereocenters. The summed E-state index contributed by atoms with van der Waals surface area (Å²) in [5.41, 5.74) is -5.28. The molecule has 0 aromatic heterocycles. The Labute approximate surface area is 161 Å². The van der Waals surface area contributed by atoms with Crippen molar-refractivity contribution in [3.05, 3.63) is 29.8 Å². The van der Waals surface area contributed by atoms with Gasteiger partial charge in [0.15, 0.2) is 0 Å². The summed E-state index contributed by atoms with van der Waals surface area (Å²) in [4.78, 5) is 26.7. The van der Waals surface area contributed by atoms with Crippen LogP contribution in [0.2, 0.25) is 0 Å². The van der Waals surface area contributed by atoms with Gasteiger partial charge >= 0.3 is 5.51 Å². The molecule has 1 aromatic rings. The van der Waals surface area contributed by atoms with E-state index in [0.29, 0.717) is 32.7 Å². The summed E-state index contributed by atoms with van der Waals surface area (Å²) in [6.45, 7) is 4.52. The summed E-state index contributed by atoms with van der Waals surface area (Å²) in [5, 5.41) is 2.78. The zero-order chi connectivity index (χ0) is 20.9. The van der Waals surface area contributed by atoms with E-state index in [2.05, 4.69) is 5.32 Å². The highest BCUT2D eigenvalue weighted by Gasteiger charge is 2.46. The number of nitrogens with zero attached hydrogens (tertiary/aromatic N) is 2. The van der Waals surface area contributed by atoms with Crippen molar-refractivity contribution in [3.8, 4) is 0 Å². The van der Waals surface area contributed by atoms with Gasteiger partial charge in [-0.25, -0.2) is 8.42 Å². The fourth-order valence-electron chi connectivity index (χ4n) is 2.73. The fraction of sp³-hybridized carbons (Fsp3) is 0.529. The van der Waals surface area contributed by atoms with Crippen LogP contribution in [-0.2, 0) is 14.6 Å². The van der Waals surface area contributed by atoms with Gasteiger partial charge in [-0.1, -0.05) is 6.92 Å². The summed E-state index contributed by atoms with van der Waals surface area (Å²) in [5.74, 6) is -0.478. The lowest BCUT2D eigenvalue weighted by atomic mass is 10.2. The van der Waals surface area contributed by atoms with Gasteiger partial charge in [-0.2, -0.15) is 13.2 Å². The second-order valence-corrected chi connectivity index (χ2v) is 8.33. The number of sulfone groups is 1. The Balaban J connectivity index is 1.94. The number of hydrogen-bond acceptors (Lipinski definition) is 5. The third-order valence-corrected chi connectivity index (χ3v) is 5.82. The number of rotatable bonds is 6. The molecule has 1 aromatic carbocycles. The molecule has 0 saturated carbocycles. The van der Waals surface area contributed by atoms with E-state index in [4.69, 9.17) is 0 Å². The van der Waals surface area contributed by atoms with Crippen LogP contribution in [0, 0.1) is 0 Å². The van der Waals surface area contributed by atoms with Gasteiger partial charge in [0.2, 0.25) is 5.91 Å². The number of carbonyl (C=O) groups is 2. The first-order valence-electron chi connectivity index (χ1n) is 8.76. The van der Waals surface area contributed by atoms with Crippen LogP contribution in [0.5, 0.6) is 0 Å². The van der Waals surface area contributed by atoms with Gasteiger partial charge in [0, 0.05) is 38.3 Å². The van der Waals surface area contributed by atoms with Gasteiger partial charge in [0.1, 0.15) is 0 Å². The fourth-order valence-corrected chi connectivity index (χ4v) is 3.49. The third kappa shape index (κ3) is 5.22. The van der Waals surface area contributed by atoms with Crippen molar-refractivity contribution < 1.29 is 31.2 Å². The van der Waals surface area contributed by atoms with Crippen molar-refractivity contribution in [3.63, 3.8) is 0 Å². The van der Waals surface area contributed by atoms with Gasteiger partial charge in [0.05, 0.1) is 11.4 Å². The van der Waals surface area contributed by atoms with Crippen LogP contribution in [-0.4, -0.2) is 74.8 Å². The molecule has 28 heavy (non-hydrogen) atoms. The number of hydrogen-bond donors (Lipinski definition) is 1. The second kappa shape index (κ2) is 8.91. The van der Waals surface area contributed by atoms with Crippen molar-refractivity contribution in [1.29, 1.82) is 0 Å². The summed E-state index contributed by atoms with van der Waals surface area (Å²) >= 11 is 0. The monoisotopic (exact) mass is 421 g/mol. The molecule has 1 N–H and O–H groups in total. The number of piperazine rings is 1. The molecule has 0 spiro atoms. The minimum Gasteiger partial charge on any atom is -0.355 e. The highest BCUT2D eigenvalue weighted by molar-refractivity contribution is 7.92. The van der Waals surface area contributed by atoms with Crippen LogP contribution < -0.4 is 5.32 Å². The molecule has 1 saturated heterocycles. The Morgan fingerprint density at radius 2 is 1.64 bits per heavy atom. The van der Waals surface area contributed by atoms with E-state index in [-0.39, 0.29) is 18.0 Å². The Kier molecular flexibility index (Phi) is 7.05. The molecule has 1 fully saturated rings. The highest BCUT2D eigenvalue weighted by Crippen LogP contribution is 2.30. The topological polar surface area (TPSA) is 86.8 Å². The zero-order valence-corrected chi connectivity index (χ0v) is 16.1. The Morgan fingerprint density at radius 1 is 1.07 bits per heavy atom. The smallest absolute Gasteiger partial charge is 0.355 e. The number of halogens is 3. The van der Waals surface area contributed by atoms with E-state index in [1.165, 1.54) is 4.90 Å². The summed E-state index contributed by atoms with van der Waals surface area (Å²) in [7, 11) is -5.44. The predicted molar refractivity (Wildman–Crippen MR) is 95.3 cm³/mol. The molecule has 2 amide bonds. The standard InChI is InChI=1S/C17H22F3N3O4S/c1-2-7-21-15(24)12-22-8-10-23(11-9-22)16(25)13-3-5-14(6-4-13)28(26,27)17(18,19)20/h3-6H,2,7-12H2,1H3,(H,21,24). The molecular weight excluding hydrogens is 399 g/mol. The lowest BCUT2D eigenvalue weighted by Gasteiger charge is -2.34.